The van der Waals surface area contributed by atoms with Gasteiger partial charge in [0.05, 0.1) is 12.8 Å². The number of rotatable bonds is 6. The largest absolute Gasteiger partial charge is 0.497 e. The summed E-state index contributed by atoms with van der Waals surface area (Å²) >= 11 is 0. The number of methoxy groups -OCH3 is 1. The lowest BCUT2D eigenvalue weighted by Crippen LogP contribution is -2.50. The maximum atomic E-state index is 12.7. The standard InChI is InChI=1S/C24H25N7O3/c1-17-6-8-18(9-7-17)31-24-22(27-28-31)23(25-16-26-24)30-12-10-29(11-13-30)21(32)15-34-20-5-3-4-19(14-20)33-2/h3-9,14,16H,10-13,15H2,1-2H3. The fraction of sp³-hybridized carbons (Fsp3) is 0.292. The number of fused-ring (bicyclic) bond motifs is 1. The van der Waals surface area contributed by atoms with Gasteiger partial charge < -0.3 is 19.3 Å². The van der Waals surface area contributed by atoms with E-state index in [0.29, 0.717) is 48.8 Å². The number of nitrogens with zero attached hydrogens (tertiary/aromatic N) is 7. The summed E-state index contributed by atoms with van der Waals surface area (Å²) < 4.78 is 12.6. The first-order valence-corrected chi connectivity index (χ1v) is 11.1. The van der Waals surface area contributed by atoms with Gasteiger partial charge in [-0.3, -0.25) is 4.79 Å². The molecule has 1 fully saturated rings. The van der Waals surface area contributed by atoms with Crippen LogP contribution in [0.3, 0.4) is 0 Å². The molecule has 5 rings (SSSR count). The van der Waals surface area contributed by atoms with Crippen molar-refractivity contribution in [1.82, 2.24) is 29.9 Å². The normalized spacial score (nSPS) is 13.8. The molecule has 0 unspecified atom stereocenters. The zero-order valence-electron chi connectivity index (χ0n) is 19.1. The van der Waals surface area contributed by atoms with Crippen LogP contribution in [0.4, 0.5) is 5.82 Å². The van der Waals surface area contributed by atoms with E-state index in [1.165, 1.54) is 11.9 Å². The van der Waals surface area contributed by atoms with Gasteiger partial charge in [0.1, 0.15) is 17.8 Å². The van der Waals surface area contributed by atoms with Crippen molar-refractivity contribution in [1.29, 1.82) is 0 Å². The molecule has 174 valence electrons. The maximum absolute atomic E-state index is 12.7. The molecule has 1 amide bonds. The number of aryl methyl sites for hydroxylation is 1. The number of amides is 1. The van der Waals surface area contributed by atoms with Crippen molar-refractivity contribution in [2.75, 3.05) is 44.8 Å². The number of aromatic nitrogens is 5. The molecule has 3 heterocycles. The highest BCUT2D eigenvalue weighted by atomic mass is 16.5. The molecule has 0 N–H and O–H groups in total. The molecular formula is C24H25N7O3. The molecule has 10 heteroatoms. The van der Waals surface area contributed by atoms with Gasteiger partial charge in [-0.25, -0.2) is 9.97 Å². The zero-order chi connectivity index (χ0) is 23.5. The monoisotopic (exact) mass is 459 g/mol. The third-order valence-electron chi connectivity index (χ3n) is 5.83. The number of benzene rings is 2. The molecule has 0 bridgehead atoms. The predicted molar refractivity (Wildman–Crippen MR) is 126 cm³/mol. The van der Waals surface area contributed by atoms with E-state index in [1.54, 1.807) is 28.8 Å². The summed E-state index contributed by atoms with van der Waals surface area (Å²) in [5, 5.41) is 8.67. The van der Waals surface area contributed by atoms with Crippen LogP contribution in [0.15, 0.2) is 54.9 Å². The van der Waals surface area contributed by atoms with Crippen LogP contribution in [0.25, 0.3) is 16.9 Å². The maximum Gasteiger partial charge on any atom is 0.260 e. The van der Waals surface area contributed by atoms with Gasteiger partial charge in [0.25, 0.3) is 5.91 Å². The van der Waals surface area contributed by atoms with Gasteiger partial charge in [-0.15, -0.1) is 5.10 Å². The van der Waals surface area contributed by atoms with Crippen molar-refractivity contribution in [3.05, 3.63) is 60.4 Å². The molecule has 1 aliphatic heterocycles. The van der Waals surface area contributed by atoms with Gasteiger partial charge >= 0.3 is 0 Å². The van der Waals surface area contributed by atoms with E-state index >= 15 is 0 Å². The van der Waals surface area contributed by atoms with Crippen molar-refractivity contribution in [2.45, 2.75) is 6.92 Å². The van der Waals surface area contributed by atoms with E-state index < -0.39 is 0 Å². The van der Waals surface area contributed by atoms with Crippen LogP contribution in [0.1, 0.15) is 5.56 Å². The Morgan fingerprint density at radius 2 is 1.76 bits per heavy atom. The van der Waals surface area contributed by atoms with Crippen LogP contribution in [-0.2, 0) is 4.79 Å². The number of carbonyl (C=O) groups excluding carboxylic acids is 1. The minimum atomic E-state index is -0.0550. The summed E-state index contributed by atoms with van der Waals surface area (Å²) in [6.07, 6.45) is 1.53. The van der Waals surface area contributed by atoms with Gasteiger partial charge in [-0.1, -0.05) is 29.0 Å². The van der Waals surface area contributed by atoms with Gasteiger partial charge in [-0.2, -0.15) is 4.68 Å². The molecule has 0 atom stereocenters. The van der Waals surface area contributed by atoms with Crippen molar-refractivity contribution in [3.8, 4) is 17.2 Å². The Hall–Kier alpha value is -4.21. The molecule has 2 aromatic heterocycles. The Morgan fingerprint density at radius 1 is 1.00 bits per heavy atom. The van der Waals surface area contributed by atoms with Gasteiger partial charge in [-0.05, 0) is 31.2 Å². The number of anilines is 1. The van der Waals surface area contributed by atoms with Crippen LogP contribution >= 0.6 is 0 Å². The quantitative estimate of drug-likeness (QED) is 0.433. The van der Waals surface area contributed by atoms with E-state index in [-0.39, 0.29) is 12.5 Å². The second-order valence-electron chi connectivity index (χ2n) is 8.04. The minimum absolute atomic E-state index is 0.0181. The topological polar surface area (TPSA) is 98.5 Å². The van der Waals surface area contributed by atoms with Crippen molar-refractivity contribution in [3.63, 3.8) is 0 Å². The second-order valence-corrected chi connectivity index (χ2v) is 8.04. The van der Waals surface area contributed by atoms with E-state index in [4.69, 9.17) is 9.47 Å². The number of carbonyl (C=O) groups is 1. The number of piperazine rings is 1. The summed E-state index contributed by atoms with van der Waals surface area (Å²) in [4.78, 5) is 25.5. The zero-order valence-corrected chi connectivity index (χ0v) is 19.1. The molecule has 34 heavy (non-hydrogen) atoms. The van der Waals surface area contributed by atoms with Crippen LogP contribution in [0, 0.1) is 6.92 Å². The van der Waals surface area contributed by atoms with Gasteiger partial charge in [0, 0.05) is 32.2 Å². The first-order valence-electron chi connectivity index (χ1n) is 11.1. The summed E-state index contributed by atoms with van der Waals surface area (Å²) in [6, 6.07) is 15.3. The predicted octanol–water partition coefficient (Wildman–Crippen LogP) is 2.26. The Kier molecular flexibility index (Phi) is 5.94. The third kappa shape index (κ3) is 4.34. The molecular weight excluding hydrogens is 434 g/mol. The molecule has 2 aromatic carbocycles. The Bertz CT molecular complexity index is 1300. The Morgan fingerprint density at radius 3 is 2.53 bits per heavy atom. The minimum Gasteiger partial charge on any atom is -0.497 e. The lowest BCUT2D eigenvalue weighted by atomic mass is 10.2. The fourth-order valence-corrected chi connectivity index (χ4v) is 3.92. The first kappa shape index (κ1) is 21.6. The SMILES string of the molecule is COc1cccc(OCC(=O)N2CCN(c3ncnc4c3nnn4-c3ccc(C)cc3)CC2)c1. The molecule has 0 aliphatic carbocycles. The molecule has 1 aliphatic rings. The highest BCUT2D eigenvalue weighted by Crippen LogP contribution is 2.24. The van der Waals surface area contributed by atoms with E-state index in [1.807, 2.05) is 43.3 Å². The van der Waals surface area contributed by atoms with Gasteiger partial charge in [0.2, 0.25) is 0 Å². The highest BCUT2D eigenvalue weighted by molar-refractivity contribution is 5.84. The highest BCUT2D eigenvalue weighted by Gasteiger charge is 2.25. The van der Waals surface area contributed by atoms with Crippen molar-refractivity contribution in [2.24, 2.45) is 0 Å². The van der Waals surface area contributed by atoms with E-state index in [9.17, 15) is 4.79 Å². The molecule has 0 saturated carbocycles. The average molecular weight is 460 g/mol. The number of hydrogen-bond acceptors (Lipinski definition) is 8. The summed E-state index contributed by atoms with van der Waals surface area (Å²) in [5.41, 5.74) is 3.36. The molecule has 1 saturated heterocycles. The molecule has 0 radical (unpaired) electrons. The fourth-order valence-electron chi connectivity index (χ4n) is 3.92. The Balaban J connectivity index is 1.24. The summed E-state index contributed by atoms with van der Waals surface area (Å²) in [5.74, 6) is 1.96. The van der Waals surface area contributed by atoms with E-state index in [0.717, 1.165) is 11.5 Å². The summed E-state index contributed by atoms with van der Waals surface area (Å²) in [6.45, 7) is 4.42. The Labute approximate surface area is 196 Å². The summed E-state index contributed by atoms with van der Waals surface area (Å²) in [7, 11) is 1.60. The first-order chi connectivity index (χ1) is 16.6. The van der Waals surface area contributed by atoms with Gasteiger partial charge in [0.15, 0.2) is 23.6 Å². The van der Waals surface area contributed by atoms with Crippen LogP contribution in [-0.4, -0.2) is 75.7 Å². The molecule has 10 nitrogen and oxygen atoms in total. The van der Waals surface area contributed by atoms with Crippen LogP contribution < -0.4 is 14.4 Å². The number of hydrogen-bond donors (Lipinski definition) is 0. The second kappa shape index (κ2) is 9.34. The number of ether oxygens (including phenoxy) is 2. The smallest absolute Gasteiger partial charge is 0.260 e. The average Bonchev–Trinajstić information content (AvgIpc) is 3.32. The third-order valence-corrected chi connectivity index (χ3v) is 5.83. The molecule has 4 aromatic rings. The molecule has 0 spiro atoms. The van der Waals surface area contributed by atoms with Crippen LogP contribution in [0.2, 0.25) is 0 Å². The van der Waals surface area contributed by atoms with E-state index in [2.05, 4.69) is 25.2 Å². The lowest BCUT2D eigenvalue weighted by Gasteiger charge is -2.35. The van der Waals surface area contributed by atoms with Crippen molar-refractivity contribution >= 4 is 22.9 Å². The van der Waals surface area contributed by atoms with Crippen molar-refractivity contribution < 1.29 is 14.3 Å². The van der Waals surface area contributed by atoms with Crippen LogP contribution in [0.5, 0.6) is 11.5 Å². The lowest BCUT2D eigenvalue weighted by molar-refractivity contribution is -0.133.